The zero-order valence-electron chi connectivity index (χ0n) is 19.4. The third-order valence-electron chi connectivity index (χ3n) is 5.68. The third kappa shape index (κ3) is 4.85. The fourth-order valence-electron chi connectivity index (χ4n) is 4.02. The number of aromatic nitrogens is 3. The highest BCUT2D eigenvalue weighted by molar-refractivity contribution is 5.92. The molecule has 0 bridgehead atoms. The van der Waals surface area contributed by atoms with Crippen molar-refractivity contribution in [2.24, 2.45) is 0 Å². The number of anilines is 1. The van der Waals surface area contributed by atoms with Crippen LogP contribution in [-0.2, 0) is 6.54 Å². The van der Waals surface area contributed by atoms with E-state index >= 15 is 0 Å². The van der Waals surface area contributed by atoms with Gasteiger partial charge in [0.25, 0.3) is 0 Å². The third-order valence-corrected chi connectivity index (χ3v) is 5.68. The maximum atomic E-state index is 14.0. The van der Waals surface area contributed by atoms with E-state index in [4.69, 9.17) is 4.74 Å². The summed E-state index contributed by atoms with van der Waals surface area (Å²) in [5, 5.41) is 13.8. The normalized spacial score (nSPS) is 11.1. The number of carboxylic acids is 1. The van der Waals surface area contributed by atoms with Gasteiger partial charge in [0.05, 0.1) is 17.8 Å². The topological polar surface area (TPSA) is 89.3 Å². The number of aromatic carboxylic acids is 1. The molecule has 2 aromatic carbocycles. The number of halogens is 1. The molecule has 4 rings (SSSR count). The van der Waals surface area contributed by atoms with Crippen LogP contribution >= 0.6 is 0 Å². The van der Waals surface area contributed by atoms with Crippen LogP contribution in [0.2, 0.25) is 0 Å². The smallest absolute Gasteiger partial charge is 0.339 e. The van der Waals surface area contributed by atoms with E-state index in [2.05, 4.69) is 25.9 Å². The zero-order valence-corrected chi connectivity index (χ0v) is 19.4. The first-order valence-corrected chi connectivity index (χ1v) is 11.2. The molecule has 0 fully saturated rings. The summed E-state index contributed by atoms with van der Waals surface area (Å²) in [6.45, 7) is 7.54. The Morgan fingerprint density at radius 2 is 1.97 bits per heavy atom. The lowest BCUT2D eigenvalue weighted by atomic mass is 10.1. The van der Waals surface area contributed by atoms with Crippen molar-refractivity contribution in [1.29, 1.82) is 0 Å². The van der Waals surface area contributed by atoms with Crippen LogP contribution in [0.4, 0.5) is 10.2 Å². The Balaban J connectivity index is 1.51. The lowest BCUT2D eigenvalue weighted by Gasteiger charge is -2.12. The minimum atomic E-state index is -1.04. The van der Waals surface area contributed by atoms with Gasteiger partial charge in [-0.2, -0.15) is 0 Å². The van der Waals surface area contributed by atoms with E-state index in [1.807, 2.05) is 26.8 Å². The van der Waals surface area contributed by atoms with Crippen molar-refractivity contribution < 1.29 is 19.0 Å². The summed E-state index contributed by atoms with van der Waals surface area (Å²) >= 11 is 0. The molecule has 0 amide bonds. The number of carboxylic acid groups (broad SMARTS) is 1. The average Bonchev–Trinajstić information content (AvgIpc) is 3.13. The van der Waals surface area contributed by atoms with Crippen molar-refractivity contribution in [3.05, 3.63) is 71.4 Å². The Morgan fingerprint density at radius 3 is 2.74 bits per heavy atom. The molecular weight excluding hydrogens is 435 g/mol. The summed E-state index contributed by atoms with van der Waals surface area (Å²) in [6.07, 6.45) is 2.23. The number of hydrogen-bond acceptors (Lipinski definition) is 5. The summed E-state index contributed by atoms with van der Waals surface area (Å²) in [7, 11) is 0. The first kappa shape index (κ1) is 23.2. The predicted molar refractivity (Wildman–Crippen MR) is 130 cm³/mol. The number of carbonyl (C=O) groups is 1. The van der Waals surface area contributed by atoms with Gasteiger partial charge < -0.3 is 19.7 Å². The van der Waals surface area contributed by atoms with Crippen LogP contribution in [0.3, 0.4) is 0 Å². The minimum Gasteiger partial charge on any atom is -0.493 e. The van der Waals surface area contributed by atoms with Crippen LogP contribution in [0.25, 0.3) is 22.2 Å². The highest BCUT2D eigenvalue weighted by atomic mass is 19.1. The number of hydrogen-bond donors (Lipinski definition) is 2. The molecule has 0 saturated heterocycles. The summed E-state index contributed by atoms with van der Waals surface area (Å²) in [4.78, 5) is 20.1. The molecule has 0 saturated carbocycles. The van der Waals surface area contributed by atoms with Crippen LogP contribution in [0.1, 0.15) is 35.0 Å². The number of aryl methyl sites for hydroxylation is 2. The summed E-state index contributed by atoms with van der Waals surface area (Å²) in [5.41, 5.74) is 4.35. The molecule has 2 aromatic heterocycles. The standard InChI is InChI=1S/C26H27FN4O3/c1-4-9-34-24-12-18(5-6-20(24)26(32)33)22-14-25(30-15-29-22)28-7-8-31-17(3)11-21-16(2)10-19(27)13-23(21)31/h5-6,10-15H,4,7-9H2,1-3H3,(H,32,33)(H,28,29,30). The van der Waals surface area contributed by atoms with Gasteiger partial charge in [0.15, 0.2) is 0 Å². The monoisotopic (exact) mass is 462 g/mol. The van der Waals surface area contributed by atoms with Crippen molar-refractivity contribution in [2.75, 3.05) is 18.5 Å². The van der Waals surface area contributed by atoms with Crippen molar-refractivity contribution in [1.82, 2.24) is 14.5 Å². The molecule has 2 N–H and O–H groups in total. The van der Waals surface area contributed by atoms with Gasteiger partial charge >= 0.3 is 5.97 Å². The Hall–Kier alpha value is -3.94. The lowest BCUT2D eigenvalue weighted by Crippen LogP contribution is -2.12. The Morgan fingerprint density at radius 1 is 1.15 bits per heavy atom. The molecule has 0 aliphatic heterocycles. The largest absolute Gasteiger partial charge is 0.493 e. The highest BCUT2D eigenvalue weighted by Gasteiger charge is 2.14. The first-order chi connectivity index (χ1) is 16.4. The van der Waals surface area contributed by atoms with E-state index in [9.17, 15) is 14.3 Å². The van der Waals surface area contributed by atoms with Gasteiger partial charge in [0.1, 0.15) is 29.3 Å². The maximum Gasteiger partial charge on any atom is 0.339 e. The van der Waals surface area contributed by atoms with Gasteiger partial charge in [-0.15, -0.1) is 0 Å². The lowest BCUT2D eigenvalue weighted by molar-refractivity contribution is 0.0692. The molecule has 0 spiro atoms. The summed E-state index contributed by atoms with van der Waals surface area (Å²) in [6, 6.07) is 11.9. The van der Waals surface area contributed by atoms with Crippen LogP contribution in [0.5, 0.6) is 5.75 Å². The van der Waals surface area contributed by atoms with Crippen molar-refractivity contribution in [2.45, 2.75) is 33.7 Å². The quantitative estimate of drug-likeness (QED) is 0.344. The van der Waals surface area contributed by atoms with Crippen molar-refractivity contribution in [3.63, 3.8) is 0 Å². The Labute approximate surface area is 197 Å². The molecular formula is C26H27FN4O3. The van der Waals surface area contributed by atoms with Crippen molar-refractivity contribution in [3.8, 4) is 17.0 Å². The fourth-order valence-corrected chi connectivity index (χ4v) is 4.02. The average molecular weight is 463 g/mol. The maximum absolute atomic E-state index is 14.0. The second-order valence-corrected chi connectivity index (χ2v) is 8.17. The molecule has 4 aromatic rings. The molecule has 7 nitrogen and oxygen atoms in total. The van der Waals surface area contributed by atoms with E-state index in [1.54, 1.807) is 24.3 Å². The van der Waals surface area contributed by atoms with Crippen LogP contribution in [-0.4, -0.2) is 38.8 Å². The Kier molecular flexibility index (Phi) is 6.77. The van der Waals surface area contributed by atoms with E-state index in [-0.39, 0.29) is 11.4 Å². The fraction of sp³-hybridized carbons (Fsp3) is 0.269. The molecule has 0 aliphatic carbocycles. The predicted octanol–water partition coefficient (Wildman–Crippen LogP) is 5.45. The zero-order chi connectivity index (χ0) is 24.2. The first-order valence-electron chi connectivity index (χ1n) is 11.2. The van der Waals surface area contributed by atoms with Gasteiger partial charge in [-0.1, -0.05) is 13.0 Å². The number of benzene rings is 2. The van der Waals surface area contributed by atoms with E-state index < -0.39 is 5.97 Å². The SMILES string of the molecule is CCCOc1cc(-c2cc(NCCn3c(C)cc4c(C)cc(F)cc43)ncn2)ccc1C(=O)O. The van der Waals surface area contributed by atoms with Crippen LogP contribution in [0, 0.1) is 19.7 Å². The number of ether oxygens (including phenoxy) is 1. The molecule has 8 heteroatoms. The molecule has 0 radical (unpaired) electrons. The van der Waals surface area contributed by atoms with Crippen LogP contribution in [0.15, 0.2) is 48.8 Å². The molecule has 2 heterocycles. The van der Waals surface area contributed by atoms with Gasteiger partial charge in [-0.3, -0.25) is 0 Å². The van der Waals surface area contributed by atoms with E-state index in [0.29, 0.717) is 37.0 Å². The van der Waals surface area contributed by atoms with Crippen LogP contribution < -0.4 is 10.1 Å². The molecule has 34 heavy (non-hydrogen) atoms. The van der Waals surface area contributed by atoms with Crippen molar-refractivity contribution >= 4 is 22.7 Å². The molecule has 0 aliphatic rings. The molecule has 0 unspecified atom stereocenters. The molecule has 176 valence electrons. The van der Waals surface area contributed by atoms with Gasteiger partial charge in [0.2, 0.25) is 0 Å². The summed E-state index contributed by atoms with van der Waals surface area (Å²) in [5.74, 6) is -0.322. The second-order valence-electron chi connectivity index (χ2n) is 8.17. The van der Waals surface area contributed by atoms with Gasteiger partial charge in [-0.25, -0.2) is 19.2 Å². The van der Waals surface area contributed by atoms with E-state index in [1.165, 1.54) is 12.4 Å². The Bertz CT molecular complexity index is 1350. The minimum absolute atomic E-state index is 0.116. The number of fused-ring (bicyclic) bond motifs is 1. The van der Waals surface area contributed by atoms with Gasteiger partial charge in [0, 0.05) is 35.8 Å². The van der Waals surface area contributed by atoms with Gasteiger partial charge in [-0.05, 0) is 56.2 Å². The second kappa shape index (κ2) is 9.91. The summed E-state index contributed by atoms with van der Waals surface area (Å²) < 4.78 is 21.7. The van der Waals surface area contributed by atoms with E-state index in [0.717, 1.165) is 34.1 Å². The molecule has 0 atom stereocenters. The number of nitrogens with zero attached hydrogens (tertiary/aromatic N) is 3. The highest BCUT2D eigenvalue weighted by Crippen LogP contribution is 2.28. The number of nitrogens with one attached hydrogen (secondary N) is 1. The number of rotatable bonds is 9.